The van der Waals surface area contributed by atoms with Crippen LogP contribution < -0.4 is 16.2 Å². The summed E-state index contributed by atoms with van der Waals surface area (Å²) in [5.74, 6) is 0. The average molecular weight is 477 g/mol. The normalized spacial score (nSPS) is 22.9. The molecule has 0 radical (unpaired) electrons. The van der Waals surface area contributed by atoms with Crippen molar-refractivity contribution >= 4 is 30.8 Å². The molecule has 0 amide bonds. The molecule has 2 aromatic rings. The molecule has 0 spiro atoms. The van der Waals surface area contributed by atoms with Crippen LogP contribution in [-0.2, 0) is 18.6 Å². The molecule has 2 aliphatic heterocycles. The van der Waals surface area contributed by atoms with Gasteiger partial charge in [-0.25, -0.2) is 0 Å². The molecule has 188 valence electrons. The fraction of sp³-hybridized carbons (Fsp3) is 0.571. The molecule has 4 rings (SSSR count). The highest BCUT2D eigenvalue weighted by Crippen LogP contribution is 2.37. The highest BCUT2D eigenvalue weighted by Gasteiger charge is 2.52. The lowest BCUT2D eigenvalue weighted by molar-refractivity contribution is 0.00578. The molecule has 35 heavy (non-hydrogen) atoms. The molecule has 2 saturated heterocycles. The van der Waals surface area contributed by atoms with Crippen molar-refractivity contribution in [3.63, 3.8) is 0 Å². The summed E-state index contributed by atoms with van der Waals surface area (Å²) in [4.78, 5) is 0. The molecule has 0 aromatic heterocycles. The van der Waals surface area contributed by atoms with Crippen molar-refractivity contribution < 1.29 is 18.6 Å². The van der Waals surface area contributed by atoms with Crippen molar-refractivity contribution in [2.75, 3.05) is 5.32 Å². The first-order valence-electron chi connectivity index (χ1n) is 12.9. The Morgan fingerprint density at radius 3 is 1.37 bits per heavy atom. The van der Waals surface area contributed by atoms with E-state index in [9.17, 15) is 0 Å². The highest BCUT2D eigenvalue weighted by atomic mass is 16.7. The smallest absolute Gasteiger partial charge is 0.399 e. The topological polar surface area (TPSA) is 49.0 Å². The first kappa shape index (κ1) is 26.3. The van der Waals surface area contributed by atoms with E-state index in [-0.39, 0.29) is 42.7 Å². The lowest BCUT2D eigenvalue weighted by atomic mass is 9.78. The summed E-state index contributed by atoms with van der Waals surface area (Å²) in [5.41, 5.74) is 3.06. The van der Waals surface area contributed by atoms with Crippen molar-refractivity contribution in [3.8, 4) is 0 Å². The van der Waals surface area contributed by atoms with Gasteiger partial charge in [0.15, 0.2) is 0 Å². The monoisotopic (exact) mass is 477 g/mol. The van der Waals surface area contributed by atoms with Crippen LogP contribution in [0, 0.1) is 0 Å². The minimum atomic E-state index is -0.344. The standard InChI is InChI=1S/C28H41B2NO4/c1-10-11-24(20-12-14-21(15-13-20)29-32-25(2,3)26(4,5)33-29)31-23-18-16-22(17-19-23)30-34-27(6,7)28(8,9)35-30/h12-19,24,31H,10-11H2,1-9H3. The van der Waals surface area contributed by atoms with Gasteiger partial charge in [-0.3, -0.25) is 0 Å². The van der Waals surface area contributed by atoms with Crippen molar-refractivity contribution in [2.24, 2.45) is 0 Å². The molecule has 0 bridgehead atoms. The summed E-state index contributed by atoms with van der Waals surface area (Å²) < 4.78 is 24.8. The van der Waals surface area contributed by atoms with Gasteiger partial charge in [-0.15, -0.1) is 0 Å². The van der Waals surface area contributed by atoms with E-state index in [0.29, 0.717) is 0 Å². The van der Waals surface area contributed by atoms with Crippen LogP contribution in [0.4, 0.5) is 5.69 Å². The molecule has 5 nitrogen and oxygen atoms in total. The maximum Gasteiger partial charge on any atom is 0.494 e. The Labute approximate surface area is 212 Å². The number of nitrogens with one attached hydrogen (secondary N) is 1. The van der Waals surface area contributed by atoms with Crippen LogP contribution in [-0.4, -0.2) is 36.6 Å². The largest absolute Gasteiger partial charge is 0.494 e. The molecule has 1 N–H and O–H groups in total. The van der Waals surface area contributed by atoms with E-state index in [4.69, 9.17) is 18.6 Å². The van der Waals surface area contributed by atoms with E-state index in [2.05, 4.69) is 116 Å². The van der Waals surface area contributed by atoms with Gasteiger partial charge in [-0.1, -0.05) is 49.7 Å². The van der Waals surface area contributed by atoms with Crippen molar-refractivity contribution in [1.82, 2.24) is 0 Å². The zero-order valence-electron chi connectivity index (χ0n) is 22.9. The quantitative estimate of drug-likeness (QED) is 0.553. The number of anilines is 1. The Morgan fingerprint density at radius 2 is 1.00 bits per heavy atom. The van der Waals surface area contributed by atoms with E-state index >= 15 is 0 Å². The molecule has 2 heterocycles. The number of hydrogen-bond acceptors (Lipinski definition) is 5. The maximum atomic E-state index is 6.21. The zero-order chi connectivity index (χ0) is 25.6. The van der Waals surface area contributed by atoms with Gasteiger partial charge in [-0.2, -0.15) is 0 Å². The fourth-order valence-electron chi connectivity index (χ4n) is 4.39. The second-order valence-corrected chi connectivity index (χ2v) is 12.0. The molecule has 1 unspecified atom stereocenters. The van der Waals surface area contributed by atoms with Crippen LogP contribution in [0.15, 0.2) is 48.5 Å². The molecule has 2 fully saturated rings. The molecule has 0 saturated carbocycles. The zero-order valence-corrected chi connectivity index (χ0v) is 22.9. The van der Waals surface area contributed by atoms with Gasteiger partial charge in [-0.05, 0) is 90.4 Å². The van der Waals surface area contributed by atoms with E-state index < -0.39 is 0 Å². The molecular formula is C28H41B2NO4. The van der Waals surface area contributed by atoms with E-state index in [1.165, 1.54) is 5.56 Å². The van der Waals surface area contributed by atoms with Crippen LogP contribution in [0.1, 0.15) is 86.8 Å². The highest BCUT2D eigenvalue weighted by molar-refractivity contribution is 6.62. The predicted octanol–water partition coefficient (Wildman–Crippen LogP) is 5.24. The molecule has 2 aromatic carbocycles. The SMILES string of the molecule is CCCC(Nc1ccc(B2OC(C)(C)C(C)(C)O2)cc1)c1ccc(B2OC(C)(C)C(C)(C)O2)cc1. The Bertz CT molecular complexity index is 986. The van der Waals surface area contributed by atoms with Gasteiger partial charge in [0, 0.05) is 5.69 Å². The van der Waals surface area contributed by atoms with Gasteiger partial charge >= 0.3 is 14.2 Å². The minimum Gasteiger partial charge on any atom is -0.399 e. The van der Waals surface area contributed by atoms with Crippen molar-refractivity contribution in [3.05, 3.63) is 54.1 Å². The fourth-order valence-corrected chi connectivity index (χ4v) is 4.39. The van der Waals surface area contributed by atoms with Crippen molar-refractivity contribution in [1.29, 1.82) is 0 Å². The second-order valence-electron chi connectivity index (χ2n) is 12.0. The summed E-state index contributed by atoms with van der Waals surface area (Å²) in [6.45, 7) is 18.9. The summed E-state index contributed by atoms with van der Waals surface area (Å²) in [5, 5.41) is 3.72. The average Bonchev–Trinajstić information content (AvgIpc) is 3.13. The summed E-state index contributed by atoms with van der Waals surface area (Å²) in [6.07, 6.45) is 2.12. The third-order valence-corrected chi connectivity index (χ3v) is 8.22. The van der Waals surface area contributed by atoms with Crippen LogP contribution in [0.3, 0.4) is 0 Å². The third-order valence-electron chi connectivity index (χ3n) is 8.22. The van der Waals surface area contributed by atoms with Gasteiger partial charge in [0.05, 0.1) is 28.4 Å². The van der Waals surface area contributed by atoms with Crippen LogP contribution in [0.2, 0.25) is 0 Å². The first-order valence-corrected chi connectivity index (χ1v) is 12.9. The third kappa shape index (κ3) is 5.20. The maximum absolute atomic E-state index is 6.21. The van der Waals surface area contributed by atoms with Gasteiger partial charge in [0.1, 0.15) is 0 Å². The second kappa shape index (κ2) is 9.26. The van der Waals surface area contributed by atoms with Crippen molar-refractivity contribution in [2.45, 2.75) is 104 Å². The van der Waals surface area contributed by atoms with E-state index in [0.717, 1.165) is 29.5 Å². The minimum absolute atomic E-state index is 0.218. The Kier molecular flexibility index (Phi) is 6.95. The van der Waals surface area contributed by atoms with Gasteiger partial charge < -0.3 is 23.9 Å². The Morgan fingerprint density at radius 1 is 0.629 bits per heavy atom. The van der Waals surface area contributed by atoms with Crippen LogP contribution >= 0.6 is 0 Å². The van der Waals surface area contributed by atoms with E-state index in [1.807, 2.05) is 0 Å². The first-order chi connectivity index (χ1) is 16.2. The molecule has 7 heteroatoms. The molecular weight excluding hydrogens is 436 g/mol. The predicted molar refractivity (Wildman–Crippen MR) is 146 cm³/mol. The lowest BCUT2D eigenvalue weighted by Crippen LogP contribution is -2.41. The van der Waals surface area contributed by atoms with Crippen LogP contribution in [0.5, 0.6) is 0 Å². The number of rotatable bonds is 7. The molecule has 2 aliphatic rings. The Balaban J connectivity index is 1.44. The van der Waals surface area contributed by atoms with Gasteiger partial charge in [0.25, 0.3) is 0 Å². The summed E-state index contributed by atoms with van der Waals surface area (Å²) in [6, 6.07) is 17.3. The molecule has 0 aliphatic carbocycles. The van der Waals surface area contributed by atoms with E-state index in [1.54, 1.807) is 0 Å². The number of benzene rings is 2. The summed E-state index contributed by atoms with van der Waals surface area (Å²) >= 11 is 0. The van der Waals surface area contributed by atoms with Gasteiger partial charge in [0.2, 0.25) is 0 Å². The summed E-state index contributed by atoms with van der Waals surface area (Å²) in [7, 11) is -0.683. The Hall–Kier alpha value is -1.79. The number of hydrogen-bond donors (Lipinski definition) is 1. The lowest BCUT2D eigenvalue weighted by Gasteiger charge is -2.32. The van der Waals surface area contributed by atoms with Crippen LogP contribution in [0.25, 0.3) is 0 Å². The molecule has 1 atom stereocenters.